The molecule has 0 aliphatic heterocycles. The maximum absolute atomic E-state index is 13.0. The van der Waals surface area contributed by atoms with Crippen molar-refractivity contribution in [3.63, 3.8) is 0 Å². The summed E-state index contributed by atoms with van der Waals surface area (Å²) in [6, 6.07) is 19.0. The van der Waals surface area contributed by atoms with E-state index in [-0.39, 0.29) is 5.75 Å². The zero-order chi connectivity index (χ0) is 29.9. The van der Waals surface area contributed by atoms with Gasteiger partial charge in [-0.15, -0.1) is 0 Å². The Morgan fingerprint density at radius 2 is 1.79 bits per heavy atom. The minimum absolute atomic E-state index is 0.0483. The molecule has 10 heteroatoms. The molecule has 220 valence electrons. The van der Waals surface area contributed by atoms with Gasteiger partial charge in [-0.2, -0.15) is 8.78 Å². The second-order valence-electron chi connectivity index (χ2n) is 9.42. The van der Waals surface area contributed by atoms with Gasteiger partial charge in [-0.3, -0.25) is 4.79 Å². The van der Waals surface area contributed by atoms with Crippen LogP contribution in [-0.2, 0) is 28.3 Å². The molecule has 0 spiro atoms. The normalized spacial score (nSPS) is 12.0. The highest BCUT2D eigenvalue weighted by molar-refractivity contribution is 7.90. The van der Waals surface area contributed by atoms with Crippen molar-refractivity contribution in [3.05, 3.63) is 96.6 Å². The van der Waals surface area contributed by atoms with Crippen molar-refractivity contribution in [2.45, 2.75) is 50.5 Å². The first-order valence-electron chi connectivity index (χ1n) is 13.6. The van der Waals surface area contributed by atoms with E-state index in [4.69, 9.17) is 4.74 Å². The molecule has 42 heavy (non-hydrogen) atoms. The van der Waals surface area contributed by atoms with E-state index in [1.165, 1.54) is 18.2 Å². The number of aryl methyl sites for hydroxylation is 1. The number of alkyl halides is 2. The van der Waals surface area contributed by atoms with Gasteiger partial charge in [0.25, 0.3) is 0 Å². The summed E-state index contributed by atoms with van der Waals surface area (Å²) < 4.78 is 51.2. The lowest BCUT2D eigenvalue weighted by Crippen LogP contribution is -2.11. The number of hydrogen-bond acceptors (Lipinski definition) is 5. The number of halogens is 2. The SMILES string of the molecule is CCCOc1ccc(-c2ccc(OC(F)F)c(/C=C/C(=O)Nc3ccc([S@+]([O-])Cc4cncn4CCC)cc3)c2)cc1. The van der Waals surface area contributed by atoms with Crippen LogP contribution in [-0.4, -0.2) is 33.2 Å². The van der Waals surface area contributed by atoms with Crippen LogP contribution < -0.4 is 14.8 Å². The van der Waals surface area contributed by atoms with Crippen molar-refractivity contribution in [2.24, 2.45) is 0 Å². The Hall–Kier alpha value is -4.15. The summed E-state index contributed by atoms with van der Waals surface area (Å²) in [7, 11) is 0. The molecule has 1 aromatic heterocycles. The lowest BCUT2D eigenvalue weighted by Gasteiger charge is -2.12. The molecule has 1 atom stereocenters. The van der Waals surface area contributed by atoms with Gasteiger partial charge in [0.2, 0.25) is 5.91 Å². The van der Waals surface area contributed by atoms with Crippen LogP contribution in [0, 0.1) is 0 Å². The number of rotatable bonds is 14. The number of carbonyl (C=O) groups excluding carboxylic acids is 1. The van der Waals surface area contributed by atoms with Gasteiger partial charge in [-0.25, -0.2) is 4.98 Å². The van der Waals surface area contributed by atoms with Crippen LogP contribution in [0.2, 0.25) is 0 Å². The van der Waals surface area contributed by atoms with E-state index in [0.29, 0.717) is 28.5 Å². The number of benzene rings is 3. The van der Waals surface area contributed by atoms with E-state index >= 15 is 0 Å². The molecule has 4 aromatic rings. The molecule has 4 rings (SSSR count). The third kappa shape index (κ3) is 8.67. The van der Waals surface area contributed by atoms with E-state index < -0.39 is 23.7 Å². The monoisotopic (exact) mass is 593 g/mol. The summed E-state index contributed by atoms with van der Waals surface area (Å²) in [5, 5.41) is 2.74. The van der Waals surface area contributed by atoms with E-state index in [2.05, 4.69) is 22.0 Å². The second-order valence-corrected chi connectivity index (χ2v) is 10.9. The number of amides is 1. The fraction of sp³-hybridized carbons (Fsp3) is 0.250. The number of imidazole rings is 1. The summed E-state index contributed by atoms with van der Waals surface area (Å²) in [6.07, 6.45) is 7.99. The van der Waals surface area contributed by atoms with E-state index in [0.717, 1.165) is 42.0 Å². The molecule has 0 fully saturated rings. The van der Waals surface area contributed by atoms with Crippen LogP contribution in [0.25, 0.3) is 17.2 Å². The minimum atomic E-state index is -3.01. The lowest BCUT2D eigenvalue weighted by atomic mass is 10.0. The lowest BCUT2D eigenvalue weighted by molar-refractivity contribution is -0.111. The Balaban J connectivity index is 1.43. The van der Waals surface area contributed by atoms with Crippen LogP contribution in [0.5, 0.6) is 11.5 Å². The molecule has 1 N–H and O–H groups in total. The van der Waals surface area contributed by atoms with Gasteiger partial charge in [0.1, 0.15) is 11.5 Å². The van der Waals surface area contributed by atoms with Gasteiger partial charge in [0.15, 0.2) is 10.6 Å². The molecule has 3 aromatic carbocycles. The number of aromatic nitrogens is 2. The van der Waals surface area contributed by atoms with E-state index in [9.17, 15) is 18.1 Å². The van der Waals surface area contributed by atoms with Crippen molar-refractivity contribution in [1.29, 1.82) is 0 Å². The van der Waals surface area contributed by atoms with E-state index in [1.807, 2.05) is 35.8 Å². The number of anilines is 1. The first-order valence-corrected chi connectivity index (χ1v) is 15.0. The Labute approximate surface area is 247 Å². The Morgan fingerprint density at radius 1 is 1.05 bits per heavy atom. The fourth-order valence-corrected chi connectivity index (χ4v) is 5.31. The predicted molar refractivity (Wildman–Crippen MR) is 161 cm³/mol. The molecule has 7 nitrogen and oxygen atoms in total. The molecule has 0 saturated heterocycles. The van der Waals surface area contributed by atoms with Crippen LogP contribution in [0.1, 0.15) is 37.9 Å². The van der Waals surface area contributed by atoms with Gasteiger partial charge in [-0.05, 0) is 89.8 Å². The van der Waals surface area contributed by atoms with Gasteiger partial charge >= 0.3 is 6.61 Å². The maximum atomic E-state index is 13.0. The molecule has 0 aliphatic carbocycles. The molecule has 0 bridgehead atoms. The van der Waals surface area contributed by atoms with Crippen molar-refractivity contribution in [1.82, 2.24) is 9.55 Å². The Kier molecular flexibility index (Phi) is 11.1. The third-order valence-corrected chi connectivity index (χ3v) is 7.58. The number of hydrogen-bond donors (Lipinski definition) is 1. The Morgan fingerprint density at radius 3 is 2.48 bits per heavy atom. The van der Waals surface area contributed by atoms with Crippen LogP contribution in [0.4, 0.5) is 14.5 Å². The summed E-state index contributed by atoms with van der Waals surface area (Å²) in [5.41, 5.74) is 3.34. The van der Waals surface area contributed by atoms with Crippen LogP contribution in [0.3, 0.4) is 0 Å². The average Bonchev–Trinajstić information content (AvgIpc) is 3.42. The predicted octanol–water partition coefficient (Wildman–Crippen LogP) is 7.31. The molecule has 0 aliphatic rings. The maximum Gasteiger partial charge on any atom is 0.387 e. The van der Waals surface area contributed by atoms with Gasteiger partial charge in [0, 0.05) is 23.9 Å². The first-order chi connectivity index (χ1) is 20.4. The zero-order valence-electron chi connectivity index (χ0n) is 23.5. The highest BCUT2D eigenvalue weighted by Crippen LogP contribution is 2.30. The quantitative estimate of drug-likeness (QED) is 0.122. The number of nitrogens with zero attached hydrogens (tertiary/aromatic N) is 2. The number of carbonyl (C=O) groups is 1. The first kappa shape index (κ1) is 30.8. The summed E-state index contributed by atoms with van der Waals surface area (Å²) in [6.45, 7) is 2.52. The van der Waals surface area contributed by atoms with E-state index in [1.54, 1.807) is 48.9 Å². The molecule has 0 radical (unpaired) electrons. The highest BCUT2D eigenvalue weighted by atomic mass is 32.2. The largest absolute Gasteiger partial charge is 0.611 e. The minimum Gasteiger partial charge on any atom is -0.611 e. The second kappa shape index (κ2) is 15.2. The molecule has 0 saturated carbocycles. The van der Waals surface area contributed by atoms with Gasteiger partial charge in [-0.1, -0.05) is 32.0 Å². The topological polar surface area (TPSA) is 88.4 Å². The molecular weight excluding hydrogens is 560 g/mol. The summed E-state index contributed by atoms with van der Waals surface area (Å²) in [5.74, 6) is 0.576. The molecule has 0 unspecified atom stereocenters. The smallest absolute Gasteiger partial charge is 0.387 e. The van der Waals surface area contributed by atoms with Crippen molar-refractivity contribution >= 4 is 28.8 Å². The van der Waals surface area contributed by atoms with Crippen molar-refractivity contribution < 1.29 is 27.6 Å². The fourth-order valence-electron chi connectivity index (χ4n) is 4.19. The zero-order valence-corrected chi connectivity index (χ0v) is 24.3. The standard InChI is InChI=1S/C32H33F2N3O4S/c1-3-17-37-22-35-20-27(37)21-42(39)29-13-9-26(10-14-29)36-31(38)16-8-25-19-24(7-15-30(25)41-32(33)34)23-5-11-28(12-6-23)40-18-4-2/h5-16,19-20,22,32H,3-4,17-18,21H2,1-2H3,(H,36,38)/b16-8+/t42-/m1/s1. The van der Waals surface area contributed by atoms with Gasteiger partial charge < -0.3 is 23.9 Å². The number of ether oxygens (including phenoxy) is 2. The average molecular weight is 594 g/mol. The van der Waals surface area contributed by atoms with Crippen molar-refractivity contribution in [3.8, 4) is 22.6 Å². The molecular formula is C32H33F2N3O4S. The summed E-state index contributed by atoms with van der Waals surface area (Å²) >= 11 is -1.27. The molecule has 1 amide bonds. The van der Waals surface area contributed by atoms with Gasteiger partial charge in [0.05, 0.1) is 24.8 Å². The van der Waals surface area contributed by atoms with Crippen LogP contribution in [0.15, 0.2) is 90.2 Å². The number of nitrogens with one attached hydrogen (secondary N) is 1. The summed E-state index contributed by atoms with van der Waals surface area (Å²) in [4.78, 5) is 17.4. The third-order valence-electron chi connectivity index (χ3n) is 6.23. The highest BCUT2D eigenvalue weighted by Gasteiger charge is 2.15. The molecule has 1 heterocycles. The van der Waals surface area contributed by atoms with Crippen molar-refractivity contribution in [2.75, 3.05) is 11.9 Å². The van der Waals surface area contributed by atoms with Crippen LogP contribution >= 0.6 is 0 Å². The Bertz CT molecular complexity index is 1470.